The Labute approximate surface area is 112 Å². The number of piperidine rings is 1. The maximum absolute atomic E-state index is 12.0. The van der Waals surface area contributed by atoms with Crippen LogP contribution >= 0.6 is 31.9 Å². The number of carbonyl (C=O) groups is 1. The van der Waals surface area contributed by atoms with Gasteiger partial charge in [-0.25, -0.2) is 0 Å². The van der Waals surface area contributed by atoms with Crippen LogP contribution in [0.15, 0.2) is 22.7 Å². The van der Waals surface area contributed by atoms with Gasteiger partial charge in [0, 0.05) is 11.0 Å². The van der Waals surface area contributed by atoms with Gasteiger partial charge in [-0.2, -0.15) is 0 Å². The minimum atomic E-state index is -0.0336. The summed E-state index contributed by atoms with van der Waals surface area (Å²) in [6, 6.07) is 6.08. The van der Waals surface area contributed by atoms with Crippen molar-refractivity contribution in [1.82, 2.24) is 0 Å². The Morgan fingerprint density at radius 2 is 2.19 bits per heavy atom. The van der Waals surface area contributed by atoms with Gasteiger partial charge in [0.1, 0.15) is 0 Å². The van der Waals surface area contributed by atoms with Crippen LogP contribution in [0.5, 0.6) is 0 Å². The van der Waals surface area contributed by atoms with E-state index in [1.807, 2.05) is 30.0 Å². The van der Waals surface area contributed by atoms with Gasteiger partial charge in [-0.3, -0.25) is 4.79 Å². The van der Waals surface area contributed by atoms with Gasteiger partial charge in [-0.1, -0.05) is 22.0 Å². The molecule has 0 spiro atoms. The van der Waals surface area contributed by atoms with E-state index in [-0.39, 0.29) is 10.7 Å². The van der Waals surface area contributed by atoms with Crippen LogP contribution in [0, 0.1) is 6.92 Å². The first kappa shape index (κ1) is 12.1. The zero-order chi connectivity index (χ0) is 11.7. The number of anilines is 1. The van der Waals surface area contributed by atoms with Crippen molar-refractivity contribution in [3.8, 4) is 0 Å². The zero-order valence-corrected chi connectivity index (χ0v) is 12.2. The molecule has 86 valence electrons. The van der Waals surface area contributed by atoms with Crippen molar-refractivity contribution in [3.05, 3.63) is 28.2 Å². The standard InChI is InChI=1S/C12H13Br2NO/c1-8-4-5-9(13)11(7-8)15-6-2-3-10(14)12(15)16/h4-5,7,10H,2-3,6H2,1H3. The van der Waals surface area contributed by atoms with E-state index < -0.39 is 0 Å². The monoisotopic (exact) mass is 345 g/mol. The maximum Gasteiger partial charge on any atom is 0.240 e. The van der Waals surface area contributed by atoms with Gasteiger partial charge in [-0.05, 0) is 53.4 Å². The molecule has 0 aromatic heterocycles. The lowest BCUT2D eigenvalue weighted by Gasteiger charge is -2.30. The molecule has 1 aromatic rings. The van der Waals surface area contributed by atoms with Crippen LogP contribution in [-0.2, 0) is 4.79 Å². The summed E-state index contributed by atoms with van der Waals surface area (Å²) in [7, 11) is 0. The highest BCUT2D eigenvalue weighted by Crippen LogP contribution is 2.31. The minimum absolute atomic E-state index is 0.0336. The number of amides is 1. The number of benzene rings is 1. The first-order chi connectivity index (χ1) is 7.59. The van der Waals surface area contributed by atoms with Crippen LogP contribution < -0.4 is 4.90 Å². The number of hydrogen-bond donors (Lipinski definition) is 0. The summed E-state index contributed by atoms with van der Waals surface area (Å²) in [4.78, 5) is 13.9. The minimum Gasteiger partial charge on any atom is -0.310 e. The van der Waals surface area contributed by atoms with Crippen molar-refractivity contribution in [2.75, 3.05) is 11.4 Å². The molecular formula is C12H13Br2NO. The summed E-state index contributed by atoms with van der Waals surface area (Å²) >= 11 is 6.93. The molecule has 1 heterocycles. The number of carbonyl (C=O) groups excluding carboxylic acids is 1. The third kappa shape index (κ3) is 2.33. The molecule has 0 radical (unpaired) electrons. The SMILES string of the molecule is Cc1ccc(Br)c(N2CCCC(Br)C2=O)c1. The molecule has 1 aliphatic rings. The average molecular weight is 347 g/mol. The van der Waals surface area contributed by atoms with E-state index in [2.05, 4.69) is 31.9 Å². The summed E-state index contributed by atoms with van der Waals surface area (Å²) in [6.07, 6.45) is 1.97. The van der Waals surface area contributed by atoms with Crippen LogP contribution in [0.3, 0.4) is 0 Å². The second-order valence-electron chi connectivity index (χ2n) is 4.05. The summed E-state index contributed by atoms with van der Waals surface area (Å²) in [5.41, 5.74) is 2.15. The lowest BCUT2D eigenvalue weighted by atomic mass is 10.1. The molecule has 1 saturated heterocycles. The van der Waals surface area contributed by atoms with Crippen molar-refractivity contribution in [1.29, 1.82) is 0 Å². The first-order valence-corrected chi connectivity index (χ1v) is 7.02. The van der Waals surface area contributed by atoms with Gasteiger partial charge in [-0.15, -0.1) is 0 Å². The third-order valence-electron chi connectivity index (χ3n) is 2.77. The molecule has 0 aliphatic carbocycles. The normalized spacial score (nSPS) is 21.3. The topological polar surface area (TPSA) is 20.3 Å². The number of aryl methyl sites for hydroxylation is 1. The highest BCUT2D eigenvalue weighted by Gasteiger charge is 2.28. The van der Waals surface area contributed by atoms with Gasteiger partial charge < -0.3 is 4.90 Å². The zero-order valence-electron chi connectivity index (χ0n) is 9.04. The highest BCUT2D eigenvalue weighted by atomic mass is 79.9. The largest absolute Gasteiger partial charge is 0.310 e. The predicted molar refractivity (Wildman–Crippen MR) is 73.2 cm³/mol. The quantitative estimate of drug-likeness (QED) is 0.711. The molecule has 2 nitrogen and oxygen atoms in total. The Hall–Kier alpha value is -0.350. The summed E-state index contributed by atoms with van der Waals surface area (Å²) < 4.78 is 0.980. The average Bonchev–Trinajstić information content (AvgIpc) is 2.26. The maximum atomic E-state index is 12.0. The van der Waals surface area contributed by atoms with Gasteiger partial charge in [0.25, 0.3) is 0 Å². The Balaban J connectivity index is 2.35. The molecule has 0 saturated carbocycles. The molecule has 0 N–H and O–H groups in total. The number of nitrogens with zero attached hydrogens (tertiary/aromatic N) is 1. The molecule has 1 fully saturated rings. The lowest BCUT2D eigenvalue weighted by molar-refractivity contribution is -0.118. The molecule has 1 aliphatic heterocycles. The van der Waals surface area contributed by atoms with Crippen LogP contribution in [0.1, 0.15) is 18.4 Å². The molecule has 2 rings (SSSR count). The number of alkyl halides is 1. The second kappa shape index (κ2) is 4.88. The Kier molecular flexibility index (Phi) is 3.70. The molecular weight excluding hydrogens is 334 g/mol. The third-order valence-corrected chi connectivity index (χ3v) is 4.29. The Morgan fingerprint density at radius 3 is 2.94 bits per heavy atom. The smallest absolute Gasteiger partial charge is 0.240 e. The van der Waals surface area contributed by atoms with Gasteiger partial charge in [0.05, 0.1) is 10.5 Å². The molecule has 1 amide bonds. The van der Waals surface area contributed by atoms with E-state index in [0.29, 0.717) is 0 Å². The molecule has 1 atom stereocenters. The van der Waals surface area contributed by atoms with Crippen molar-refractivity contribution < 1.29 is 4.79 Å². The fourth-order valence-corrected chi connectivity index (χ4v) is 2.93. The fraction of sp³-hybridized carbons (Fsp3) is 0.417. The van der Waals surface area contributed by atoms with Crippen molar-refractivity contribution in [2.45, 2.75) is 24.6 Å². The van der Waals surface area contributed by atoms with Crippen molar-refractivity contribution in [2.24, 2.45) is 0 Å². The first-order valence-electron chi connectivity index (χ1n) is 5.31. The summed E-state index contributed by atoms with van der Waals surface area (Å²) in [6.45, 7) is 2.85. The lowest BCUT2D eigenvalue weighted by Crippen LogP contribution is -2.42. The Bertz CT molecular complexity index is 419. The van der Waals surface area contributed by atoms with E-state index in [4.69, 9.17) is 0 Å². The molecule has 4 heteroatoms. The van der Waals surface area contributed by atoms with E-state index >= 15 is 0 Å². The number of hydrogen-bond acceptors (Lipinski definition) is 1. The molecule has 1 unspecified atom stereocenters. The van der Waals surface area contributed by atoms with Crippen LogP contribution in [-0.4, -0.2) is 17.3 Å². The number of halogens is 2. The van der Waals surface area contributed by atoms with Gasteiger partial charge in [0.2, 0.25) is 5.91 Å². The van der Waals surface area contributed by atoms with E-state index in [1.54, 1.807) is 0 Å². The van der Waals surface area contributed by atoms with Crippen LogP contribution in [0.25, 0.3) is 0 Å². The van der Waals surface area contributed by atoms with Gasteiger partial charge >= 0.3 is 0 Å². The van der Waals surface area contributed by atoms with Crippen molar-refractivity contribution >= 4 is 43.5 Å². The molecule has 16 heavy (non-hydrogen) atoms. The predicted octanol–water partition coefficient (Wildman–Crippen LogP) is 3.65. The Morgan fingerprint density at radius 1 is 1.44 bits per heavy atom. The second-order valence-corrected chi connectivity index (χ2v) is 6.01. The molecule has 0 bridgehead atoms. The van der Waals surface area contributed by atoms with Gasteiger partial charge in [0.15, 0.2) is 0 Å². The van der Waals surface area contributed by atoms with E-state index in [9.17, 15) is 4.79 Å². The molecule has 1 aromatic carbocycles. The number of rotatable bonds is 1. The van der Waals surface area contributed by atoms with Crippen LogP contribution in [0.2, 0.25) is 0 Å². The van der Waals surface area contributed by atoms with E-state index in [0.717, 1.165) is 29.5 Å². The highest BCUT2D eigenvalue weighted by molar-refractivity contribution is 9.10. The van der Waals surface area contributed by atoms with Crippen LogP contribution in [0.4, 0.5) is 5.69 Å². The summed E-state index contributed by atoms with van der Waals surface area (Å²) in [5.74, 6) is 0.164. The summed E-state index contributed by atoms with van der Waals surface area (Å²) in [5, 5.41) is 0. The van der Waals surface area contributed by atoms with Crippen molar-refractivity contribution in [3.63, 3.8) is 0 Å². The van der Waals surface area contributed by atoms with E-state index in [1.165, 1.54) is 5.56 Å². The fourth-order valence-electron chi connectivity index (χ4n) is 1.90.